The number of carbonyl (C=O) groups excluding carboxylic acids is 2. The first-order chi connectivity index (χ1) is 36.6. The summed E-state index contributed by atoms with van der Waals surface area (Å²) in [5.74, 6) is -3.25. The van der Waals surface area contributed by atoms with Crippen LogP contribution < -0.4 is 52.3 Å². The monoisotopic (exact) mass is 1070 g/mol. The van der Waals surface area contributed by atoms with Crippen LogP contribution in [-0.4, -0.2) is 61.6 Å². The van der Waals surface area contributed by atoms with E-state index in [4.69, 9.17) is 25.7 Å². The fourth-order valence-electron chi connectivity index (χ4n) is 7.68. The molecule has 2 amide bonds. The van der Waals surface area contributed by atoms with Crippen LogP contribution in [0.25, 0.3) is 32.1 Å². The van der Waals surface area contributed by atoms with Crippen molar-refractivity contribution in [1.82, 2.24) is 29.1 Å². The van der Waals surface area contributed by atoms with Crippen LogP contribution >= 0.6 is 22.7 Å². The Morgan fingerprint density at radius 2 is 1.05 bits per heavy atom. The van der Waals surface area contributed by atoms with Crippen molar-refractivity contribution < 1.29 is 41.4 Å². The Morgan fingerprint density at radius 1 is 0.605 bits per heavy atom. The number of hydrogen-bond donors (Lipinski definition) is 4. The second kappa shape index (κ2) is 21.8. The molecule has 24 heteroatoms. The van der Waals surface area contributed by atoms with Crippen molar-refractivity contribution in [3.8, 4) is 40.1 Å². The molecule has 0 saturated heterocycles. The highest BCUT2D eigenvalue weighted by Crippen LogP contribution is 2.35. The van der Waals surface area contributed by atoms with Crippen LogP contribution in [-0.2, 0) is 0 Å². The van der Waals surface area contributed by atoms with Crippen LogP contribution in [0.3, 0.4) is 0 Å². The zero-order chi connectivity index (χ0) is 53.8. The Morgan fingerprint density at radius 3 is 1.50 bits per heavy atom. The van der Waals surface area contributed by atoms with E-state index in [0.717, 1.165) is 12.1 Å². The summed E-state index contributed by atoms with van der Waals surface area (Å²) >= 11 is 2.38. The van der Waals surface area contributed by atoms with Gasteiger partial charge in [-0.05, 0) is 91.9 Å². The number of carbonyl (C=O) groups is 2. The number of ether oxygens (including phenoxy) is 3. The molecule has 10 rings (SSSR count). The number of benzene rings is 4. The van der Waals surface area contributed by atoms with Crippen LogP contribution in [0.1, 0.15) is 27.6 Å². The highest BCUT2D eigenvalue weighted by atomic mass is 32.1. The van der Waals surface area contributed by atoms with E-state index in [9.17, 15) is 36.7 Å². The van der Waals surface area contributed by atoms with Crippen LogP contribution in [0.15, 0.2) is 142 Å². The molecule has 76 heavy (non-hydrogen) atoms. The molecule has 0 spiro atoms. The van der Waals surface area contributed by atoms with Crippen molar-refractivity contribution in [2.75, 3.05) is 47.7 Å². The molecule has 4 aromatic carbocycles. The van der Waals surface area contributed by atoms with Crippen molar-refractivity contribution >= 4 is 83.9 Å². The minimum atomic E-state index is -0.834. The number of hydrogen-bond acceptors (Lipinski definition) is 16. The van der Waals surface area contributed by atoms with Gasteiger partial charge in [-0.2, -0.15) is 0 Å². The number of anilines is 5. The Labute approximate surface area is 435 Å². The predicted molar refractivity (Wildman–Crippen MR) is 282 cm³/mol. The highest BCUT2D eigenvalue weighted by molar-refractivity contribution is 7.16. The molecule has 0 aliphatic carbocycles. The summed E-state index contributed by atoms with van der Waals surface area (Å²) in [7, 11) is 3.37. The maximum atomic E-state index is 14.8. The van der Waals surface area contributed by atoms with Gasteiger partial charge in [0.1, 0.15) is 66.6 Å². The molecule has 0 aliphatic heterocycles. The Balaban J connectivity index is 0.000000186. The molecule has 10 aromatic rings. The maximum Gasteiger partial charge on any atom is 0.273 e. The average Bonchev–Trinajstić information content (AvgIpc) is 4.17. The second-order valence-corrected chi connectivity index (χ2v) is 17.9. The first kappa shape index (κ1) is 51.2. The predicted octanol–water partition coefficient (Wildman–Crippen LogP) is 9.96. The molecule has 0 fully saturated rings. The lowest BCUT2D eigenvalue weighted by molar-refractivity contribution is 0.101. The van der Waals surface area contributed by atoms with E-state index >= 15 is 0 Å². The van der Waals surface area contributed by atoms with Gasteiger partial charge in [0.05, 0.1) is 34.7 Å². The molecule has 0 saturated carbocycles. The SMILES string of the molecule is CCOc1c(C(=O)Nc2ccc(Oc3ccnc(N)c3)c(F)c2)c(=O)n(-c2ccc(F)cc2)c2scnc12.CN(C)c1c(C(=O)Nc2ccc(Oc3ccnc(N)c3)c(F)c2)c(=O)n(-c2ccc(F)cc2)c2scnc12. The van der Waals surface area contributed by atoms with Crippen molar-refractivity contribution in [3.05, 3.63) is 188 Å². The van der Waals surface area contributed by atoms with Crippen molar-refractivity contribution in [3.63, 3.8) is 0 Å². The van der Waals surface area contributed by atoms with E-state index in [1.165, 1.54) is 147 Å². The largest absolute Gasteiger partial charge is 0.490 e. The summed E-state index contributed by atoms with van der Waals surface area (Å²) in [6.07, 6.45) is 2.85. The number of nitrogens with one attached hydrogen (secondary N) is 2. The lowest BCUT2D eigenvalue weighted by Gasteiger charge is -2.20. The molecule has 0 aliphatic rings. The van der Waals surface area contributed by atoms with Crippen molar-refractivity contribution in [2.45, 2.75) is 6.92 Å². The van der Waals surface area contributed by atoms with Gasteiger partial charge in [-0.25, -0.2) is 37.5 Å². The summed E-state index contributed by atoms with van der Waals surface area (Å²) in [5.41, 5.74) is 14.3. The molecule has 384 valence electrons. The first-order valence-corrected chi connectivity index (χ1v) is 24.2. The minimum absolute atomic E-state index is 0.000290. The molecule has 0 unspecified atom stereocenters. The van der Waals surface area contributed by atoms with E-state index < -0.39 is 46.2 Å². The molecule has 6 aromatic heterocycles. The smallest absolute Gasteiger partial charge is 0.273 e. The molecule has 18 nitrogen and oxygen atoms in total. The molecular weight excluding hydrogens is 1030 g/mol. The zero-order valence-electron chi connectivity index (χ0n) is 39.9. The second-order valence-electron chi connectivity index (χ2n) is 16.2. The number of rotatable bonds is 13. The van der Waals surface area contributed by atoms with Crippen molar-refractivity contribution in [2.24, 2.45) is 0 Å². The van der Waals surface area contributed by atoms with Gasteiger partial charge in [0.15, 0.2) is 28.9 Å². The number of pyridine rings is 4. The molecule has 6 N–H and O–H groups in total. The van der Waals surface area contributed by atoms with Gasteiger partial charge in [0.2, 0.25) is 0 Å². The maximum absolute atomic E-state index is 14.8. The Hall–Kier alpha value is -9.68. The Kier molecular flexibility index (Phi) is 14.7. The van der Waals surface area contributed by atoms with Gasteiger partial charge in [-0.15, -0.1) is 22.7 Å². The number of fused-ring (bicyclic) bond motifs is 2. The van der Waals surface area contributed by atoms with E-state index in [-0.39, 0.29) is 69.3 Å². The lowest BCUT2D eigenvalue weighted by atomic mass is 10.1. The number of amides is 2. The fraction of sp³-hybridized carbons (Fsp3) is 0.0769. The number of aromatic nitrogens is 6. The van der Waals surface area contributed by atoms with E-state index in [2.05, 4.69) is 30.6 Å². The van der Waals surface area contributed by atoms with Gasteiger partial charge in [0, 0.05) is 62.1 Å². The van der Waals surface area contributed by atoms with E-state index in [1.54, 1.807) is 31.4 Å². The number of nitrogens with zero attached hydrogens (tertiary/aromatic N) is 7. The highest BCUT2D eigenvalue weighted by Gasteiger charge is 2.28. The standard InChI is InChI=1S/C26H20F2N6O3S.C26H19F2N5O4S/c1-33(2)23-21(25(36)34(26-22(23)31-13-38-26)16-6-3-14(27)4-7-16)24(35)32-15-5-8-19(18(28)11-15)37-17-9-10-30-20(29)12-17;1-2-36-23-21(25(35)33(26-22(23)31-13-38-26)16-6-3-14(27)4-7-16)24(34)32-15-5-8-19(18(28)11-15)37-17-9-10-30-20(29)12-17/h3-13H,1-2H3,(H2,29,30)(H,32,35);3-13H,2H2,1H3,(H2,29,30)(H,32,34). The summed E-state index contributed by atoms with van der Waals surface area (Å²) < 4.78 is 76.0. The minimum Gasteiger partial charge on any atom is -0.490 e. The third-order valence-corrected chi connectivity index (χ3v) is 12.6. The van der Waals surface area contributed by atoms with Gasteiger partial charge in [-0.1, -0.05) is 0 Å². The molecule has 0 atom stereocenters. The number of nitrogens with two attached hydrogens (primary N) is 2. The van der Waals surface area contributed by atoms with Crippen LogP contribution in [0.5, 0.6) is 28.7 Å². The zero-order valence-corrected chi connectivity index (χ0v) is 41.5. The summed E-state index contributed by atoms with van der Waals surface area (Å²) in [4.78, 5) is 73.2. The van der Waals surface area contributed by atoms with Gasteiger partial charge < -0.3 is 41.2 Å². The third-order valence-electron chi connectivity index (χ3n) is 10.9. The molecular formula is C52H39F4N11O7S2. The van der Waals surface area contributed by atoms with Gasteiger partial charge in [0.25, 0.3) is 22.9 Å². The number of thiazole rings is 2. The summed E-state index contributed by atoms with van der Waals surface area (Å²) in [6.45, 7) is 1.86. The van der Waals surface area contributed by atoms with E-state index in [1.807, 2.05) is 0 Å². The summed E-state index contributed by atoms with van der Waals surface area (Å²) in [6, 6.07) is 24.2. The van der Waals surface area contributed by atoms with Crippen LogP contribution in [0, 0.1) is 23.3 Å². The lowest BCUT2D eigenvalue weighted by Crippen LogP contribution is -2.32. The average molecular weight is 1070 g/mol. The quantitative estimate of drug-likeness (QED) is 0.0787. The number of nitrogen functional groups attached to an aromatic ring is 2. The normalized spacial score (nSPS) is 10.9. The topological polar surface area (TPSA) is 237 Å². The van der Waals surface area contributed by atoms with Crippen molar-refractivity contribution in [1.29, 1.82) is 0 Å². The van der Waals surface area contributed by atoms with Gasteiger partial charge >= 0.3 is 0 Å². The Bertz CT molecular complexity index is 3970. The number of halogens is 4. The van der Waals surface area contributed by atoms with E-state index in [0.29, 0.717) is 38.0 Å². The third kappa shape index (κ3) is 10.7. The molecule has 6 heterocycles. The van der Waals surface area contributed by atoms with Crippen LogP contribution in [0.2, 0.25) is 0 Å². The molecule has 0 bridgehead atoms. The van der Waals surface area contributed by atoms with Crippen LogP contribution in [0.4, 0.5) is 46.3 Å². The fourth-order valence-corrected chi connectivity index (χ4v) is 9.30. The molecule has 0 radical (unpaired) electrons. The summed E-state index contributed by atoms with van der Waals surface area (Å²) in [5, 5.41) is 5.13. The van der Waals surface area contributed by atoms with Gasteiger partial charge in [-0.3, -0.25) is 28.3 Å². The first-order valence-electron chi connectivity index (χ1n) is 22.5.